The third kappa shape index (κ3) is 3.03. The molecule has 0 atom stereocenters. The number of aromatic nitrogens is 2. The van der Waals surface area contributed by atoms with Crippen LogP contribution in [0.4, 0.5) is 16.2 Å². The number of nitrogen functional groups attached to an aromatic ring is 1. The highest BCUT2D eigenvalue weighted by atomic mass is 19.1. The van der Waals surface area contributed by atoms with Crippen molar-refractivity contribution in [2.45, 2.75) is 32.1 Å². The van der Waals surface area contributed by atoms with Gasteiger partial charge in [0, 0.05) is 13.1 Å². The van der Waals surface area contributed by atoms with Crippen molar-refractivity contribution in [3.63, 3.8) is 0 Å². The summed E-state index contributed by atoms with van der Waals surface area (Å²) in [5, 5.41) is 0. The van der Waals surface area contributed by atoms with Gasteiger partial charge in [-0.3, -0.25) is 5.43 Å². The summed E-state index contributed by atoms with van der Waals surface area (Å²) in [6, 6.07) is 0. The summed E-state index contributed by atoms with van der Waals surface area (Å²) in [5.74, 6) is 5.46. The van der Waals surface area contributed by atoms with Crippen LogP contribution in [0.15, 0.2) is 6.20 Å². The van der Waals surface area contributed by atoms with Crippen molar-refractivity contribution in [1.29, 1.82) is 0 Å². The van der Waals surface area contributed by atoms with Crippen LogP contribution in [-0.2, 0) is 0 Å². The lowest BCUT2D eigenvalue weighted by molar-refractivity contribution is 0.538. The van der Waals surface area contributed by atoms with Gasteiger partial charge in [0.05, 0.1) is 6.20 Å². The Balaban J connectivity index is 2.17. The summed E-state index contributed by atoms with van der Waals surface area (Å²) >= 11 is 0. The van der Waals surface area contributed by atoms with Crippen molar-refractivity contribution in [3.8, 4) is 0 Å². The quantitative estimate of drug-likeness (QED) is 0.607. The van der Waals surface area contributed by atoms with E-state index in [1.807, 2.05) is 4.90 Å². The fourth-order valence-corrected chi connectivity index (χ4v) is 2.11. The zero-order valence-electron chi connectivity index (χ0n) is 9.82. The molecular formula is C11H18FN5. The highest BCUT2D eigenvalue weighted by Gasteiger charge is 2.15. The summed E-state index contributed by atoms with van der Waals surface area (Å²) in [5.41, 5.74) is 2.35. The van der Waals surface area contributed by atoms with Crippen LogP contribution in [-0.4, -0.2) is 23.1 Å². The SMILES string of the molecule is NNc1ncc(F)c(N2CCCCCCC2)n1. The Morgan fingerprint density at radius 3 is 2.47 bits per heavy atom. The number of nitrogens with zero attached hydrogens (tertiary/aromatic N) is 3. The van der Waals surface area contributed by atoms with E-state index in [9.17, 15) is 4.39 Å². The average molecular weight is 239 g/mol. The second-order valence-electron chi connectivity index (χ2n) is 4.26. The molecule has 17 heavy (non-hydrogen) atoms. The van der Waals surface area contributed by atoms with Crippen LogP contribution in [0.3, 0.4) is 0 Å². The van der Waals surface area contributed by atoms with Crippen LogP contribution in [0.25, 0.3) is 0 Å². The lowest BCUT2D eigenvalue weighted by Gasteiger charge is -2.26. The largest absolute Gasteiger partial charge is 0.354 e. The molecule has 1 aromatic rings. The zero-order chi connectivity index (χ0) is 12.1. The molecule has 5 nitrogen and oxygen atoms in total. The van der Waals surface area contributed by atoms with Gasteiger partial charge in [-0.15, -0.1) is 0 Å². The first-order chi connectivity index (χ1) is 8.31. The molecule has 0 unspecified atom stereocenters. The normalized spacial score (nSPS) is 17.4. The number of hydrazine groups is 1. The third-order valence-electron chi connectivity index (χ3n) is 3.01. The van der Waals surface area contributed by atoms with Crippen LogP contribution >= 0.6 is 0 Å². The maximum Gasteiger partial charge on any atom is 0.239 e. The van der Waals surface area contributed by atoms with Crippen molar-refractivity contribution in [2.75, 3.05) is 23.4 Å². The lowest BCUT2D eigenvalue weighted by Crippen LogP contribution is -2.29. The number of anilines is 2. The van der Waals surface area contributed by atoms with Crippen LogP contribution in [0, 0.1) is 5.82 Å². The molecule has 6 heteroatoms. The fourth-order valence-electron chi connectivity index (χ4n) is 2.11. The Morgan fingerprint density at radius 2 is 1.82 bits per heavy atom. The topological polar surface area (TPSA) is 67.1 Å². The van der Waals surface area contributed by atoms with E-state index < -0.39 is 0 Å². The molecule has 0 aromatic carbocycles. The van der Waals surface area contributed by atoms with Gasteiger partial charge in [-0.1, -0.05) is 19.3 Å². The molecule has 94 valence electrons. The molecule has 1 fully saturated rings. The van der Waals surface area contributed by atoms with Gasteiger partial charge in [-0.2, -0.15) is 4.98 Å². The molecule has 0 spiro atoms. The Hall–Kier alpha value is -1.43. The average Bonchev–Trinajstić information content (AvgIpc) is 2.30. The molecule has 0 saturated carbocycles. The van der Waals surface area contributed by atoms with Gasteiger partial charge in [-0.05, 0) is 12.8 Å². The molecule has 2 heterocycles. The van der Waals surface area contributed by atoms with Gasteiger partial charge in [0.1, 0.15) is 0 Å². The number of hydrogen-bond acceptors (Lipinski definition) is 5. The molecule has 1 aliphatic rings. The van der Waals surface area contributed by atoms with Crippen molar-refractivity contribution >= 4 is 11.8 Å². The van der Waals surface area contributed by atoms with Gasteiger partial charge < -0.3 is 4.90 Å². The van der Waals surface area contributed by atoms with E-state index in [-0.39, 0.29) is 11.8 Å². The van der Waals surface area contributed by atoms with E-state index in [2.05, 4.69) is 15.4 Å². The van der Waals surface area contributed by atoms with Crippen molar-refractivity contribution in [1.82, 2.24) is 9.97 Å². The maximum atomic E-state index is 13.7. The number of nitrogens with one attached hydrogen (secondary N) is 1. The fraction of sp³-hybridized carbons (Fsp3) is 0.636. The second kappa shape index (κ2) is 5.77. The van der Waals surface area contributed by atoms with E-state index in [4.69, 9.17) is 5.84 Å². The number of hydrogen-bond donors (Lipinski definition) is 2. The van der Waals surface area contributed by atoms with E-state index in [0.29, 0.717) is 5.82 Å². The molecule has 0 aliphatic carbocycles. The molecule has 1 saturated heterocycles. The predicted molar refractivity (Wildman–Crippen MR) is 65.1 cm³/mol. The van der Waals surface area contributed by atoms with Gasteiger partial charge in [0.25, 0.3) is 0 Å². The highest BCUT2D eigenvalue weighted by molar-refractivity contribution is 5.43. The van der Waals surface area contributed by atoms with Crippen LogP contribution in [0.5, 0.6) is 0 Å². The summed E-state index contributed by atoms with van der Waals surface area (Å²) in [4.78, 5) is 9.82. The van der Waals surface area contributed by atoms with Gasteiger partial charge in [0.15, 0.2) is 11.6 Å². The van der Waals surface area contributed by atoms with Crippen molar-refractivity contribution < 1.29 is 4.39 Å². The van der Waals surface area contributed by atoms with Crippen LogP contribution < -0.4 is 16.2 Å². The molecular weight excluding hydrogens is 221 g/mol. The monoisotopic (exact) mass is 239 g/mol. The molecule has 0 bridgehead atoms. The highest BCUT2D eigenvalue weighted by Crippen LogP contribution is 2.20. The maximum absolute atomic E-state index is 13.7. The standard InChI is InChI=1S/C11H18FN5/c12-9-8-14-11(16-13)15-10(9)17-6-4-2-1-3-5-7-17/h8H,1-7,13H2,(H,14,15,16). The number of rotatable bonds is 2. The first-order valence-corrected chi connectivity index (χ1v) is 6.05. The van der Waals surface area contributed by atoms with Crippen LogP contribution in [0.2, 0.25) is 0 Å². The summed E-state index contributed by atoms with van der Waals surface area (Å²) < 4.78 is 13.7. The predicted octanol–water partition coefficient (Wildman–Crippen LogP) is 1.67. The first kappa shape index (κ1) is 12.0. The van der Waals surface area contributed by atoms with Crippen LogP contribution in [0.1, 0.15) is 32.1 Å². The second-order valence-corrected chi connectivity index (χ2v) is 4.26. The lowest BCUT2D eigenvalue weighted by atomic mass is 10.1. The third-order valence-corrected chi connectivity index (χ3v) is 3.01. The van der Waals surface area contributed by atoms with Gasteiger partial charge in [-0.25, -0.2) is 15.2 Å². The minimum absolute atomic E-state index is 0.253. The first-order valence-electron chi connectivity index (χ1n) is 6.05. The molecule has 0 radical (unpaired) electrons. The summed E-state index contributed by atoms with van der Waals surface area (Å²) in [6.07, 6.45) is 6.99. The Kier molecular flexibility index (Phi) is 4.08. The van der Waals surface area contributed by atoms with E-state index >= 15 is 0 Å². The van der Waals surface area contributed by atoms with Crippen molar-refractivity contribution in [2.24, 2.45) is 5.84 Å². The van der Waals surface area contributed by atoms with E-state index in [1.54, 1.807) is 0 Å². The summed E-state index contributed by atoms with van der Waals surface area (Å²) in [7, 11) is 0. The summed E-state index contributed by atoms with van der Waals surface area (Å²) in [6.45, 7) is 1.69. The molecule has 2 rings (SSSR count). The molecule has 0 amide bonds. The Morgan fingerprint density at radius 1 is 1.18 bits per heavy atom. The molecule has 1 aliphatic heterocycles. The zero-order valence-corrected chi connectivity index (χ0v) is 9.82. The minimum Gasteiger partial charge on any atom is -0.354 e. The van der Waals surface area contributed by atoms with E-state index in [1.165, 1.54) is 19.3 Å². The number of nitrogens with two attached hydrogens (primary N) is 1. The van der Waals surface area contributed by atoms with Gasteiger partial charge in [0.2, 0.25) is 5.95 Å². The Labute approximate surface area is 100 Å². The minimum atomic E-state index is -0.385. The smallest absolute Gasteiger partial charge is 0.239 e. The molecule has 3 N–H and O–H groups in total. The molecule has 1 aromatic heterocycles. The van der Waals surface area contributed by atoms with Crippen molar-refractivity contribution in [3.05, 3.63) is 12.0 Å². The van der Waals surface area contributed by atoms with Gasteiger partial charge >= 0.3 is 0 Å². The number of halogens is 1. The van der Waals surface area contributed by atoms with E-state index in [0.717, 1.165) is 32.1 Å². The Bertz CT molecular complexity index is 363.